The van der Waals surface area contributed by atoms with Crippen LogP contribution in [-0.4, -0.2) is 104 Å². The number of amides is 5. The van der Waals surface area contributed by atoms with Gasteiger partial charge in [-0.2, -0.15) is 0 Å². The number of nitrogens with zero attached hydrogens (tertiary/aromatic N) is 2. The van der Waals surface area contributed by atoms with E-state index in [1.165, 1.54) is 66.1 Å². The predicted octanol–water partition coefficient (Wildman–Crippen LogP) is 2.73. The summed E-state index contributed by atoms with van der Waals surface area (Å²) in [6.07, 6.45) is -0.315. The third-order valence-electron chi connectivity index (χ3n) is 10.3. The van der Waals surface area contributed by atoms with Crippen molar-refractivity contribution in [1.29, 1.82) is 0 Å². The molecule has 6 bridgehead atoms. The molecule has 3 aliphatic heterocycles. The first-order valence-electron chi connectivity index (χ1n) is 18.3. The fourth-order valence-corrected chi connectivity index (χ4v) is 6.91. The van der Waals surface area contributed by atoms with Crippen LogP contribution in [0.5, 0.6) is 23.0 Å². The molecule has 3 aromatic carbocycles. The summed E-state index contributed by atoms with van der Waals surface area (Å²) >= 11 is 0. The number of carbonyl (C=O) groups is 6. The van der Waals surface area contributed by atoms with Crippen molar-refractivity contribution in [3.05, 3.63) is 83.2 Å². The van der Waals surface area contributed by atoms with Gasteiger partial charge in [0.05, 0.1) is 20.3 Å². The third kappa shape index (κ3) is 9.44. The largest absolute Gasteiger partial charge is 0.494 e. The molecule has 0 saturated carbocycles. The molecule has 0 aromatic heterocycles. The summed E-state index contributed by atoms with van der Waals surface area (Å²) < 4.78 is 31.4. The highest BCUT2D eigenvalue weighted by molar-refractivity contribution is 5.98. The molecular formula is C41H48FN5O9. The summed E-state index contributed by atoms with van der Waals surface area (Å²) in [4.78, 5) is 86.1. The zero-order valence-corrected chi connectivity index (χ0v) is 32.5. The van der Waals surface area contributed by atoms with Gasteiger partial charge in [0.2, 0.25) is 29.5 Å². The number of hydrogen-bond acceptors (Lipinski definition) is 9. The van der Waals surface area contributed by atoms with Crippen LogP contribution in [0.1, 0.15) is 43.9 Å². The maximum Gasteiger partial charge on any atom is 0.245 e. The summed E-state index contributed by atoms with van der Waals surface area (Å²) in [6, 6.07) is 10.5. The van der Waals surface area contributed by atoms with Crippen molar-refractivity contribution >= 4 is 35.3 Å². The van der Waals surface area contributed by atoms with E-state index in [4.69, 9.17) is 14.2 Å². The Labute approximate surface area is 325 Å². The molecule has 0 spiro atoms. The Hall–Kier alpha value is -5.99. The van der Waals surface area contributed by atoms with Gasteiger partial charge in [-0.25, -0.2) is 4.39 Å². The van der Waals surface area contributed by atoms with Crippen molar-refractivity contribution in [3.8, 4) is 23.0 Å². The third-order valence-corrected chi connectivity index (χ3v) is 10.3. The Bertz CT molecular complexity index is 1990. The van der Waals surface area contributed by atoms with E-state index in [9.17, 15) is 33.2 Å². The van der Waals surface area contributed by atoms with Gasteiger partial charge in [-0.3, -0.25) is 28.8 Å². The van der Waals surface area contributed by atoms with Crippen molar-refractivity contribution < 1.29 is 47.4 Å². The van der Waals surface area contributed by atoms with Gasteiger partial charge in [0.15, 0.2) is 28.8 Å². The van der Waals surface area contributed by atoms with E-state index in [-0.39, 0.29) is 31.4 Å². The monoisotopic (exact) mass is 773 g/mol. The fourth-order valence-electron chi connectivity index (χ4n) is 6.91. The van der Waals surface area contributed by atoms with Crippen LogP contribution in [0.2, 0.25) is 0 Å². The quantitative estimate of drug-likeness (QED) is 0.361. The number of likely N-dealkylation sites (N-methyl/N-ethyl adjacent to an activating group) is 2. The maximum atomic E-state index is 14.7. The molecule has 1 fully saturated rings. The first-order valence-corrected chi connectivity index (χ1v) is 18.3. The Morgan fingerprint density at radius 2 is 1.27 bits per heavy atom. The summed E-state index contributed by atoms with van der Waals surface area (Å²) in [5.41, 5.74) is 1.70. The summed E-state index contributed by atoms with van der Waals surface area (Å²) in [6.45, 7) is 4.34. The predicted molar refractivity (Wildman–Crippen MR) is 203 cm³/mol. The van der Waals surface area contributed by atoms with Gasteiger partial charge in [-0.1, -0.05) is 24.3 Å². The second-order valence-corrected chi connectivity index (χ2v) is 14.3. The zero-order chi connectivity index (χ0) is 40.8. The Kier molecular flexibility index (Phi) is 13.0. The molecule has 5 amide bonds. The molecule has 14 nitrogen and oxygen atoms in total. The molecule has 0 unspecified atom stereocenters. The first-order chi connectivity index (χ1) is 26.6. The van der Waals surface area contributed by atoms with Gasteiger partial charge in [0.25, 0.3) is 0 Å². The molecule has 6 rings (SSSR count). The van der Waals surface area contributed by atoms with Crippen LogP contribution in [0.4, 0.5) is 4.39 Å². The SMILES string of the molecule is COc1ccc(C[C@H]2C(=O)N[C@@H](C)C(=O)N(C)[C@H]3Cc4ccc(cc4)Oc4cc(ccc4OC)C[C@H](CC3=O)C(=O)N[C@H](C)C(=O)N[C@@H](C)C(=O)N2C)cc1F. The Morgan fingerprint density at radius 1 is 0.679 bits per heavy atom. The van der Waals surface area contributed by atoms with E-state index >= 15 is 0 Å². The summed E-state index contributed by atoms with van der Waals surface area (Å²) in [5.74, 6) is -3.99. The number of methoxy groups -OCH3 is 2. The second-order valence-electron chi connectivity index (χ2n) is 14.3. The Morgan fingerprint density at radius 3 is 1.91 bits per heavy atom. The summed E-state index contributed by atoms with van der Waals surface area (Å²) in [7, 11) is 5.65. The smallest absolute Gasteiger partial charge is 0.245 e. The van der Waals surface area contributed by atoms with Gasteiger partial charge < -0.3 is 40.0 Å². The van der Waals surface area contributed by atoms with Crippen LogP contribution in [0.3, 0.4) is 0 Å². The average molecular weight is 774 g/mol. The first kappa shape index (κ1) is 41.2. The minimum Gasteiger partial charge on any atom is -0.494 e. The fraction of sp³-hybridized carbons (Fsp3) is 0.415. The van der Waals surface area contributed by atoms with E-state index in [1.54, 1.807) is 48.5 Å². The molecule has 0 aliphatic carbocycles. The molecule has 3 heterocycles. The minimum absolute atomic E-state index is 0.00932. The average Bonchev–Trinajstić information content (AvgIpc) is 3.17. The maximum absolute atomic E-state index is 14.7. The van der Waals surface area contributed by atoms with Crippen molar-refractivity contribution in [2.24, 2.45) is 5.92 Å². The molecule has 0 radical (unpaired) electrons. The number of ketones is 1. The number of fused-ring (bicyclic) bond motifs is 2. The van der Waals surface area contributed by atoms with Gasteiger partial charge >= 0.3 is 0 Å². The molecule has 3 aliphatic rings. The number of carbonyl (C=O) groups excluding carboxylic acids is 6. The van der Waals surface area contributed by atoms with Crippen LogP contribution in [0.25, 0.3) is 0 Å². The normalized spacial score (nSPS) is 24.3. The van der Waals surface area contributed by atoms with Gasteiger partial charge in [0.1, 0.15) is 29.9 Å². The number of nitrogens with one attached hydrogen (secondary N) is 3. The van der Waals surface area contributed by atoms with Crippen LogP contribution in [-0.2, 0) is 48.0 Å². The number of Topliss-reactive ketones (excluding diaryl/α,β-unsaturated/α-hetero) is 1. The van der Waals surface area contributed by atoms with Crippen LogP contribution < -0.4 is 30.2 Å². The molecule has 1 saturated heterocycles. The van der Waals surface area contributed by atoms with E-state index in [2.05, 4.69) is 16.0 Å². The van der Waals surface area contributed by atoms with E-state index in [1.807, 2.05) is 0 Å². The van der Waals surface area contributed by atoms with Gasteiger partial charge in [-0.15, -0.1) is 0 Å². The lowest BCUT2D eigenvalue weighted by Gasteiger charge is -2.33. The van der Waals surface area contributed by atoms with Gasteiger partial charge in [-0.05, 0) is 86.7 Å². The highest BCUT2D eigenvalue weighted by atomic mass is 19.1. The van der Waals surface area contributed by atoms with Crippen molar-refractivity contribution in [1.82, 2.24) is 25.8 Å². The lowest BCUT2D eigenvalue weighted by molar-refractivity contribution is -0.144. The van der Waals surface area contributed by atoms with E-state index in [0.717, 1.165) is 4.90 Å². The van der Waals surface area contributed by atoms with E-state index in [0.29, 0.717) is 33.9 Å². The number of rotatable bonds is 4. The Balaban J connectivity index is 1.55. The molecule has 6 atom stereocenters. The molecular weight excluding hydrogens is 725 g/mol. The molecule has 3 N–H and O–H groups in total. The highest BCUT2D eigenvalue weighted by Gasteiger charge is 2.37. The zero-order valence-electron chi connectivity index (χ0n) is 32.5. The van der Waals surface area contributed by atoms with Crippen LogP contribution >= 0.6 is 0 Å². The van der Waals surface area contributed by atoms with Crippen molar-refractivity contribution in [3.63, 3.8) is 0 Å². The van der Waals surface area contributed by atoms with Crippen molar-refractivity contribution in [2.45, 2.75) is 76.7 Å². The number of halogens is 1. The minimum atomic E-state index is -1.26. The lowest BCUT2D eigenvalue weighted by atomic mass is 9.88. The topological polar surface area (TPSA) is 173 Å². The number of ether oxygens (including phenoxy) is 3. The van der Waals surface area contributed by atoms with Gasteiger partial charge in [0, 0.05) is 32.9 Å². The van der Waals surface area contributed by atoms with Crippen molar-refractivity contribution in [2.75, 3.05) is 28.3 Å². The molecule has 3 aromatic rings. The van der Waals surface area contributed by atoms with Crippen LogP contribution in [0, 0.1) is 11.7 Å². The standard InChI is InChI=1S/C41H48FN5O9/c1-22-37(49)44-23(2)41(53)47(5)32(19-27-10-14-34(54-6)30(42)17-27)39(51)45-24(3)40(52)46(4)31-18-25-8-12-29(13-9-25)56-36-20-26(11-15-35(36)55-7)16-28(21-33(31)48)38(50)43-22/h8-15,17,20,22-24,28,31-32H,16,18-19,21H2,1-7H3,(H,43,50)(H,44,49)(H,45,51)/t22-,23+,24+,28-,31+,32+/m1/s1. The number of hydrogen-bond donors (Lipinski definition) is 3. The molecule has 15 heteroatoms. The second kappa shape index (κ2) is 17.6. The molecule has 298 valence electrons. The number of benzene rings is 3. The molecule has 56 heavy (non-hydrogen) atoms. The summed E-state index contributed by atoms with van der Waals surface area (Å²) in [5, 5.41) is 8.00. The van der Waals surface area contributed by atoms with E-state index < -0.39 is 77.3 Å². The highest BCUT2D eigenvalue weighted by Crippen LogP contribution is 2.34. The lowest BCUT2D eigenvalue weighted by Crippen LogP contribution is -2.59. The van der Waals surface area contributed by atoms with Crippen LogP contribution in [0.15, 0.2) is 60.7 Å².